The Morgan fingerprint density at radius 2 is 2.14 bits per heavy atom. The first-order valence-electron chi connectivity index (χ1n) is 6.79. The van der Waals surface area contributed by atoms with Crippen LogP contribution < -0.4 is 11.5 Å². The summed E-state index contributed by atoms with van der Waals surface area (Å²) in [6.45, 7) is 1.33. The van der Waals surface area contributed by atoms with Crippen LogP contribution in [-0.2, 0) is 6.54 Å². The molecule has 0 aliphatic carbocycles. The van der Waals surface area contributed by atoms with Gasteiger partial charge >= 0.3 is 0 Å². The van der Waals surface area contributed by atoms with E-state index in [0.29, 0.717) is 22.9 Å². The van der Waals surface area contributed by atoms with E-state index < -0.39 is 0 Å². The molecule has 8 heteroatoms. The molecule has 0 amide bonds. The van der Waals surface area contributed by atoms with Gasteiger partial charge in [0.2, 0.25) is 0 Å². The number of hydrogen-bond donors (Lipinski definition) is 2. The normalized spacial score (nSPS) is 11.2. The lowest BCUT2D eigenvalue weighted by Gasteiger charge is -2.07. The number of hydrogen-bond acceptors (Lipinski definition) is 6. The zero-order valence-electron chi connectivity index (χ0n) is 11.7. The number of nitrogen functional groups attached to an aromatic ring is 1. The molecule has 0 aliphatic heterocycles. The first-order valence-corrected chi connectivity index (χ1v) is 7.98. The number of aryl methyl sites for hydroxylation is 1. The fourth-order valence-corrected chi connectivity index (χ4v) is 3.32. The minimum absolute atomic E-state index is 0.379. The van der Waals surface area contributed by atoms with Gasteiger partial charge in [-0.15, -0.1) is 0 Å². The number of nitrogens with two attached hydrogens (primary N) is 2. The minimum atomic E-state index is 0.379. The van der Waals surface area contributed by atoms with Crippen LogP contribution in [0.25, 0.3) is 11.2 Å². The molecule has 22 heavy (non-hydrogen) atoms. The highest BCUT2D eigenvalue weighted by atomic mass is 35.5. The van der Waals surface area contributed by atoms with Crippen LogP contribution in [0.4, 0.5) is 5.82 Å². The third-order valence-electron chi connectivity index (χ3n) is 3.12. The summed E-state index contributed by atoms with van der Waals surface area (Å²) in [7, 11) is 0. The van der Waals surface area contributed by atoms with Crippen LogP contribution in [0.5, 0.6) is 0 Å². The summed E-state index contributed by atoms with van der Waals surface area (Å²) < 4.78 is 2.02. The van der Waals surface area contributed by atoms with Gasteiger partial charge in [-0.3, -0.25) is 0 Å². The van der Waals surface area contributed by atoms with E-state index in [4.69, 9.17) is 23.1 Å². The van der Waals surface area contributed by atoms with Gasteiger partial charge in [-0.2, -0.15) is 0 Å². The molecule has 0 fully saturated rings. The second-order valence-electron chi connectivity index (χ2n) is 4.68. The molecule has 0 spiro atoms. The van der Waals surface area contributed by atoms with Gasteiger partial charge < -0.3 is 16.0 Å². The maximum atomic E-state index is 6.04. The number of imidazole rings is 1. The standard InChI is InChI=1S/C14H15ClN6S/c15-9-3-1-4-10(7-9)22-14-20-11-12(17)18-8-19-13(11)21(14)6-2-5-16/h1,3-4,7-8H,2,5-6,16H2,(H2,17,18,19). The summed E-state index contributed by atoms with van der Waals surface area (Å²) >= 11 is 7.56. The summed E-state index contributed by atoms with van der Waals surface area (Å²) in [5.41, 5.74) is 12.9. The summed E-state index contributed by atoms with van der Waals surface area (Å²) in [5, 5.41) is 1.49. The van der Waals surface area contributed by atoms with Crippen LogP contribution in [0.15, 0.2) is 40.6 Å². The van der Waals surface area contributed by atoms with Crippen molar-refractivity contribution in [3.8, 4) is 0 Å². The van der Waals surface area contributed by atoms with Gasteiger partial charge in [-0.1, -0.05) is 29.4 Å². The summed E-state index contributed by atoms with van der Waals surface area (Å²) in [6, 6.07) is 7.63. The molecule has 6 nitrogen and oxygen atoms in total. The molecule has 0 saturated carbocycles. The number of anilines is 1. The Hall–Kier alpha value is -1.83. The number of benzene rings is 1. The molecule has 0 saturated heterocycles. The molecule has 0 unspecified atom stereocenters. The smallest absolute Gasteiger partial charge is 0.175 e. The van der Waals surface area contributed by atoms with E-state index in [-0.39, 0.29) is 0 Å². The maximum Gasteiger partial charge on any atom is 0.175 e. The van der Waals surface area contributed by atoms with E-state index >= 15 is 0 Å². The van der Waals surface area contributed by atoms with Crippen molar-refractivity contribution in [3.63, 3.8) is 0 Å². The van der Waals surface area contributed by atoms with Crippen molar-refractivity contribution in [3.05, 3.63) is 35.6 Å². The van der Waals surface area contributed by atoms with Gasteiger partial charge in [0.25, 0.3) is 0 Å². The number of halogens is 1. The quantitative estimate of drug-likeness (QED) is 0.744. The number of nitrogens with zero attached hydrogens (tertiary/aromatic N) is 4. The lowest BCUT2D eigenvalue weighted by Crippen LogP contribution is -2.07. The van der Waals surface area contributed by atoms with E-state index in [1.54, 1.807) is 0 Å². The summed E-state index contributed by atoms with van der Waals surface area (Å²) in [4.78, 5) is 13.9. The molecular formula is C14H15ClN6S. The van der Waals surface area contributed by atoms with E-state index in [1.807, 2.05) is 28.8 Å². The summed E-state index contributed by atoms with van der Waals surface area (Å²) in [5.74, 6) is 0.379. The lowest BCUT2D eigenvalue weighted by atomic mass is 10.4. The summed E-state index contributed by atoms with van der Waals surface area (Å²) in [6.07, 6.45) is 2.28. The van der Waals surface area contributed by atoms with Crippen LogP contribution in [-0.4, -0.2) is 26.1 Å². The first-order chi connectivity index (χ1) is 10.7. The molecule has 0 radical (unpaired) electrons. The highest BCUT2D eigenvalue weighted by molar-refractivity contribution is 7.99. The monoisotopic (exact) mass is 334 g/mol. The first kappa shape index (κ1) is 15.1. The fourth-order valence-electron chi connectivity index (χ4n) is 2.10. The molecule has 3 rings (SSSR count). The molecule has 0 bridgehead atoms. The van der Waals surface area contributed by atoms with E-state index in [0.717, 1.165) is 28.7 Å². The van der Waals surface area contributed by atoms with E-state index in [9.17, 15) is 0 Å². The Morgan fingerprint density at radius 3 is 2.91 bits per heavy atom. The molecule has 4 N–H and O–H groups in total. The molecule has 1 aromatic carbocycles. The van der Waals surface area contributed by atoms with Gasteiger partial charge in [0.15, 0.2) is 22.1 Å². The molecule has 0 aliphatic rings. The predicted molar refractivity (Wildman–Crippen MR) is 89.0 cm³/mol. The average Bonchev–Trinajstić information content (AvgIpc) is 2.84. The predicted octanol–water partition coefficient (Wildman–Crippen LogP) is 2.56. The van der Waals surface area contributed by atoms with Crippen molar-refractivity contribution < 1.29 is 0 Å². The van der Waals surface area contributed by atoms with E-state index in [2.05, 4.69) is 15.0 Å². The topological polar surface area (TPSA) is 95.6 Å². The Kier molecular flexibility index (Phi) is 4.47. The molecular weight excluding hydrogens is 320 g/mol. The third-order valence-corrected chi connectivity index (χ3v) is 4.34. The SMILES string of the molecule is NCCCn1c(Sc2cccc(Cl)c2)nc2c(N)ncnc21. The number of rotatable bonds is 5. The highest BCUT2D eigenvalue weighted by Crippen LogP contribution is 2.32. The number of fused-ring (bicyclic) bond motifs is 1. The van der Waals surface area contributed by atoms with Crippen molar-refractivity contribution >= 4 is 40.3 Å². The largest absolute Gasteiger partial charge is 0.382 e. The van der Waals surface area contributed by atoms with Gasteiger partial charge in [0, 0.05) is 16.5 Å². The van der Waals surface area contributed by atoms with Crippen molar-refractivity contribution in [2.75, 3.05) is 12.3 Å². The molecule has 2 heterocycles. The molecule has 0 atom stereocenters. The van der Waals surface area contributed by atoms with Gasteiger partial charge in [-0.25, -0.2) is 15.0 Å². The van der Waals surface area contributed by atoms with Crippen molar-refractivity contribution in [2.24, 2.45) is 5.73 Å². The van der Waals surface area contributed by atoms with Gasteiger partial charge in [-0.05, 0) is 31.2 Å². The maximum absolute atomic E-state index is 6.04. The van der Waals surface area contributed by atoms with Crippen LogP contribution in [0, 0.1) is 0 Å². The molecule has 3 aromatic rings. The van der Waals surface area contributed by atoms with Gasteiger partial charge in [0.05, 0.1) is 0 Å². The Labute approximate surface area is 136 Å². The zero-order valence-corrected chi connectivity index (χ0v) is 13.3. The second-order valence-corrected chi connectivity index (χ2v) is 6.16. The second kappa shape index (κ2) is 6.51. The minimum Gasteiger partial charge on any atom is -0.382 e. The lowest BCUT2D eigenvalue weighted by molar-refractivity contribution is 0.612. The molecule has 114 valence electrons. The number of aromatic nitrogens is 4. The van der Waals surface area contributed by atoms with Crippen molar-refractivity contribution in [2.45, 2.75) is 23.0 Å². The van der Waals surface area contributed by atoms with Crippen LogP contribution in [0.2, 0.25) is 5.02 Å². The van der Waals surface area contributed by atoms with Crippen LogP contribution in [0.1, 0.15) is 6.42 Å². The average molecular weight is 335 g/mol. The zero-order chi connectivity index (χ0) is 15.5. The van der Waals surface area contributed by atoms with Crippen LogP contribution in [0.3, 0.4) is 0 Å². The molecule has 2 aromatic heterocycles. The van der Waals surface area contributed by atoms with Crippen molar-refractivity contribution in [1.29, 1.82) is 0 Å². The van der Waals surface area contributed by atoms with Gasteiger partial charge in [0.1, 0.15) is 6.33 Å². The Bertz CT molecular complexity index is 803. The van der Waals surface area contributed by atoms with Crippen LogP contribution >= 0.6 is 23.4 Å². The Balaban J connectivity index is 2.05. The highest BCUT2D eigenvalue weighted by Gasteiger charge is 2.15. The fraction of sp³-hybridized carbons (Fsp3) is 0.214. The third kappa shape index (κ3) is 3.01. The van der Waals surface area contributed by atoms with E-state index in [1.165, 1.54) is 18.1 Å². The Morgan fingerprint density at radius 1 is 1.27 bits per heavy atom. The van der Waals surface area contributed by atoms with Crippen molar-refractivity contribution in [1.82, 2.24) is 19.5 Å².